The van der Waals surface area contributed by atoms with Crippen LogP contribution in [-0.4, -0.2) is 74.9 Å². The summed E-state index contributed by atoms with van der Waals surface area (Å²) >= 11 is 0. The third kappa shape index (κ3) is 59.8. The van der Waals surface area contributed by atoms with Crippen molar-refractivity contribution in [2.75, 3.05) is 0 Å². The van der Waals surface area contributed by atoms with Crippen LogP contribution < -0.4 is 29.6 Å². The van der Waals surface area contributed by atoms with Gasteiger partial charge in [0.1, 0.15) is 0 Å². The minimum Gasteiger partial charge on any atom is -1.00 e. The first-order chi connectivity index (χ1) is 1.41. The topological polar surface area (TPSA) is 0 Å². The average molecular weight is 362 g/mol. The Balaban J connectivity index is -0.000000000556. The van der Waals surface area contributed by atoms with Gasteiger partial charge in [-0.1, -0.05) is 0 Å². The Morgan fingerprint density at radius 2 is 1.22 bits per heavy atom. The van der Waals surface area contributed by atoms with Gasteiger partial charge in [-0.2, -0.15) is 7.68 Å². The van der Waals surface area contributed by atoms with Crippen LogP contribution in [0.5, 0.6) is 0 Å². The second-order valence-electron chi connectivity index (χ2n) is 0.500. The molecule has 0 nitrogen and oxygen atoms in total. The van der Waals surface area contributed by atoms with Crippen LogP contribution in [0.15, 0.2) is 0 Å². The number of hydrogen-bond acceptors (Lipinski definition) is 0. The fourth-order valence-corrected chi connectivity index (χ4v) is 0. The summed E-state index contributed by atoms with van der Waals surface area (Å²) in [6.45, 7) is 0. The Morgan fingerprint density at radius 3 is 1.22 bits per heavy atom. The van der Waals surface area contributed by atoms with Gasteiger partial charge in [0, 0.05) is 74.9 Å². The summed E-state index contributed by atoms with van der Waals surface area (Å²) in [6.07, 6.45) is 0. The molecule has 0 unspecified atom stereocenters. The largest absolute Gasteiger partial charge is 2.00 e. The maximum Gasteiger partial charge on any atom is 2.00 e. The van der Waals surface area contributed by atoms with E-state index in [1.165, 1.54) is 27.5 Å². The van der Waals surface area contributed by atoms with Crippen molar-refractivity contribution in [3.63, 3.8) is 0 Å². The van der Waals surface area contributed by atoms with Crippen LogP contribution in [0.2, 0.25) is 0 Å². The van der Waals surface area contributed by atoms with Gasteiger partial charge in [-0.15, -0.1) is 0 Å². The molecule has 0 aliphatic carbocycles. The van der Waals surface area contributed by atoms with Crippen molar-refractivity contribution in [1.29, 1.82) is 0 Å². The van der Waals surface area contributed by atoms with E-state index in [9.17, 15) is 0 Å². The van der Waals surface area contributed by atoms with E-state index >= 15 is 0 Å². The second kappa shape index (κ2) is 50.4. The molecule has 0 spiro atoms. The van der Waals surface area contributed by atoms with E-state index in [0.29, 0.717) is 0 Å². The van der Waals surface area contributed by atoms with Crippen LogP contribution >= 0.6 is 7.68 Å². The molecule has 0 aromatic heterocycles. The molecule has 0 fully saturated rings. The van der Waals surface area contributed by atoms with Crippen LogP contribution in [0, 0.1) is 0 Å². The van der Waals surface area contributed by atoms with Gasteiger partial charge < -0.3 is 4.28 Å². The Hall–Kier alpha value is 5.38. The molecule has 0 atom stereocenters. The molecule has 9 heteroatoms. The van der Waals surface area contributed by atoms with Crippen molar-refractivity contribution in [2.45, 2.75) is 0 Å². The van der Waals surface area contributed by atoms with Crippen molar-refractivity contribution in [3.8, 4) is 0 Å². The van der Waals surface area contributed by atoms with Crippen LogP contribution in [0.25, 0.3) is 0 Å². The fraction of sp³-hybridized carbons (Fsp3) is 0. The maximum atomic E-state index is 1.46. The fourth-order valence-electron chi connectivity index (χ4n) is 0. The van der Waals surface area contributed by atoms with Gasteiger partial charge in [0.2, 0.25) is 0 Å². The van der Waals surface area contributed by atoms with Gasteiger partial charge in [-0.05, 0) is 0 Å². The van der Waals surface area contributed by atoms with Crippen molar-refractivity contribution in [2.24, 2.45) is 0 Å². The molecule has 0 aliphatic rings. The summed E-state index contributed by atoms with van der Waals surface area (Å²) in [7, 11) is 4.28. The number of rotatable bonds is 0. The van der Waals surface area contributed by atoms with E-state index in [0.717, 1.165) is 0 Å². The first-order valence-electron chi connectivity index (χ1n) is 1.00. The predicted molar refractivity (Wildman–Crippen MR) is 47.2 cm³/mol. The maximum absolute atomic E-state index is 1.46. The molecule has 0 aromatic rings. The molecular weight excluding hydrogens is 349 g/mol. The van der Waals surface area contributed by atoms with Crippen molar-refractivity contribution in [3.05, 3.63) is 0 Å². The molecule has 0 saturated heterocycles. The smallest absolute Gasteiger partial charge is 1.00 e. The molecule has 1 radical (unpaired) electrons. The molecule has 47 valence electrons. The Bertz CT molecular complexity index is 36.3. The van der Waals surface area contributed by atoms with Gasteiger partial charge >= 0.3 is 67.3 Å². The third-order valence-corrected chi connectivity index (χ3v) is 0. The molecule has 0 aliphatic heterocycles. The molecule has 0 aromatic carbocycles. The monoisotopic (exact) mass is 361 g/mol. The van der Waals surface area contributed by atoms with E-state index in [2.05, 4.69) is 0 Å². The summed E-state index contributed by atoms with van der Waals surface area (Å²) in [5.41, 5.74) is 0. The van der Waals surface area contributed by atoms with Gasteiger partial charge in [0.05, 0.1) is 0 Å². The Morgan fingerprint density at radius 1 is 1.22 bits per heavy atom. The van der Waals surface area contributed by atoms with Gasteiger partial charge in [0.25, 0.3) is 0 Å². The van der Waals surface area contributed by atoms with Crippen LogP contribution in [0.3, 0.4) is 0 Å². The quantitative estimate of drug-likeness (QED) is 0.297. The Labute approximate surface area is 168 Å². The molecule has 0 saturated carbocycles. The Kier molecular flexibility index (Phi) is 264. The minimum atomic E-state index is 0. The van der Waals surface area contributed by atoms with Crippen molar-refractivity contribution >= 4 is 82.6 Å². The summed E-state index contributed by atoms with van der Waals surface area (Å²) < 4.78 is 0. The molecule has 0 N–H and O–H groups in total. The van der Waals surface area contributed by atoms with Crippen molar-refractivity contribution < 1.29 is 88.9 Å². The van der Waals surface area contributed by atoms with E-state index in [-0.39, 0.29) is 144 Å². The summed E-state index contributed by atoms with van der Waals surface area (Å²) in [4.78, 5) is 0. The van der Waals surface area contributed by atoms with E-state index in [1.807, 2.05) is 0 Å². The van der Waals surface area contributed by atoms with Gasteiger partial charge in [-0.25, -0.2) is 0 Å². The zero-order valence-electron chi connectivity index (χ0n) is 8.71. The molecule has 0 amide bonds. The van der Waals surface area contributed by atoms with E-state index < -0.39 is 0 Å². The molecule has 0 bridgehead atoms. The first kappa shape index (κ1) is 47.3. The zero-order valence-corrected chi connectivity index (χ0v) is 20.4. The second-order valence-corrected chi connectivity index (χ2v) is 13.5. The SMILES string of the molecule is [AlH3].[Ca+2].[Fe].[H-].[H-].[H-].[Na+].[SiH3]P[SiH3].[V].[Zn]. The van der Waals surface area contributed by atoms with Crippen LogP contribution in [-0.2, 0) is 55.1 Å². The first-order valence-corrected chi connectivity index (χ1v) is 9.00. The summed E-state index contributed by atoms with van der Waals surface area (Å²) in [6, 6.07) is 0. The normalized spacial score (nSPS) is 4.00. The minimum absolute atomic E-state index is 0. The number of hydrogen-bond donors (Lipinski definition) is 0. The van der Waals surface area contributed by atoms with Crippen molar-refractivity contribution in [1.82, 2.24) is 0 Å². The zero-order chi connectivity index (χ0) is 2.71. The standard InChI is InChI=1S/Al.Ca.Fe.Na.H7PSi2.V.Zn.6H/c;;;;2-1-3;;;;;;;;/h;;;;1H,2-3H3;;;;;;;;/q;+2;;+1;;;;;;;3*-1. The summed E-state index contributed by atoms with van der Waals surface area (Å²) in [5.74, 6) is 0. The van der Waals surface area contributed by atoms with Crippen LogP contribution in [0.4, 0.5) is 0 Å². The predicted octanol–water partition coefficient (Wildman–Crippen LogP) is -6.00. The van der Waals surface area contributed by atoms with Crippen LogP contribution in [0.1, 0.15) is 4.28 Å². The molecule has 9 heavy (non-hydrogen) atoms. The third-order valence-electron chi connectivity index (χ3n) is 0. The van der Waals surface area contributed by atoms with Gasteiger partial charge in [-0.3, -0.25) is 0 Å². The molecule has 0 rings (SSSR count). The molecular formula is H13AlCaFeNaPSi2VZn. The summed E-state index contributed by atoms with van der Waals surface area (Å²) in [5, 5.41) is 0. The average Bonchev–Trinajstić information content (AvgIpc) is 0.918. The molecule has 0 heterocycles. The van der Waals surface area contributed by atoms with E-state index in [4.69, 9.17) is 0 Å². The van der Waals surface area contributed by atoms with Gasteiger partial charge in [0.15, 0.2) is 17.4 Å². The van der Waals surface area contributed by atoms with E-state index in [1.54, 1.807) is 0 Å².